The molecule has 0 aromatic heterocycles. The van der Waals surface area contributed by atoms with Crippen molar-refractivity contribution in [1.29, 1.82) is 0 Å². The van der Waals surface area contributed by atoms with Gasteiger partial charge in [-0.2, -0.15) is 0 Å². The van der Waals surface area contributed by atoms with Gasteiger partial charge in [-0.25, -0.2) is 0 Å². The van der Waals surface area contributed by atoms with Crippen molar-refractivity contribution in [3.8, 4) is 0 Å². The molecule has 1 aromatic carbocycles. The Morgan fingerprint density at radius 3 is 2.76 bits per heavy atom. The van der Waals surface area contributed by atoms with Gasteiger partial charge in [-0.15, -0.1) is 0 Å². The minimum Gasteiger partial charge on any atom is -0.409 e. The van der Waals surface area contributed by atoms with Crippen LogP contribution in [-0.4, -0.2) is 16.6 Å². The average molecular weight is 233 g/mol. The summed E-state index contributed by atoms with van der Waals surface area (Å²) in [6, 6.07) is 5.86. The van der Waals surface area contributed by atoms with Gasteiger partial charge in [-0.1, -0.05) is 17.3 Å². The van der Waals surface area contributed by atoms with Crippen LogP contribution in [0.5, 0.6) is 0 Å². The molecule has 0 heterocycles. The van der Waals surface area contributed by atoms with Crippen molar-refractivity contribution in [3.05, 3.63) is 34.9 Å². The third-order valence-corrected chi connectivity index (χ3v) is 3.45. The largest absolute Gasteiger partial charge is 0.409 e. The van der Waals surface area contributed by atoms with Gasteiger partial charge in [-0.3, -0.25) is 0 Å². The smallest absolute Gasteiger partial charge is 0.170 e. The lowest BCUT2D eigenvalue weighted by atomic mass is 10.0. The first kappa shape index (κ1) is 11.9. The Hall–Kier alpha value is -1.55. The summed E-state index contributed by atoms with van der Waals surface area (Å²) in [7, 11) is 0. The van der Waals surface area contributed by atoms with Crippen molar-refractivity contribution in [1.82, 2.24) is 5.32 Å². The summed E-state index contributed by atoms with van der Waals surface area (Å²) >= 11 is 0. The third kappa shape index (κ3) is 2.77. The number of nitrogens with one attached hydrogen (secondary N) is 1. The molecule has 0 amide bonds. The average Bonchev–Trinajstić information content (AvgIpc) is 3.05. The lowest BCUT2D eigenvalue weighted by Gasteiger charge is -2.13. The van der Waals surface area contributed by atoms with Crippen LogP contribution in [0.2, 0.25) is 0 Å². The molecule has 4 N–H and O–H groups in total. The van der Waals surface area contributed by atoms with E-state index in [9.17, 15) is 0 Å². The van der Waals surface area contributed by atoms with E-state index in [2.05, 4.69) is 17.4 Å². The summed E-state index contributed by atoms with van der Waals surface area (Å²) in [6.07, 6.45) is 2.52. The normalized spacial score (nSPS) is 18.1. The number of nitrogens with zero attached hydrogens (tertiary/aromatic N) is 1. The van der Waals surface area contributed by atoms with Crippen molar-refractivity contribution in [3.63, 3.8) is 0 Å². The number of rotatable bonds is 4. The molecule has 0 radical (unpaired) electrons. The fourth-order valence-corrected chi connectivity index (χ4v) is 1.78. The van der Waals surface area contributed by atoms with Crippen LogP contribution in [0.25, 0.3) is 0 Å². The molecule has 1 fully saturated rings. The van der Waals surface area contributed by atoms with Crippen LogP contribution in [0, 0.1) is 6.92 Å². The highest BCUT2D eigenvalue weighted by Gasteiger charge is 2.36. The molecule has 4 heteroatoms. The third-order valence-electron chi connectivity index (χ3n) is 3.45. The van der Waals surface area contributed by atoms with Crippen LogP contribution in [0.3, 0.4) is 0 Å². The highest BCUT2D eigenvalue weighted by Crippen LogP contribution is 2.34. The molecule has 0 bridgehead atoms. The van der Waals surface area contributed by atoms with E-state index in [-0.39, 0.29) is 5.84 Å². The Morgan fingerprint density at radius 2 is 2.24 bits per heavy atom. The number of oxime groups is 1. The monoisotopic (exact) mass is 233 g/mol. The minimum atomic E-state index is 0.154. The van der Waals surface area contributed by atoms with Crippen molar-refractivity contribution in [2.24, 2.45) is 10.9 Å². The van der Waals surface area contributed by atoms with E-state index in [1.807, 2.05) is 25.1 Å². The summed E-state index contributed by atoms with van der Waals surface area (Å²) in [5.41, 5.74) is 9.07. The van der Waals surface area contributed by atoms with Crippen LogP contribution in [0.1, 0.15) is 36.5 Å². The van der Waals surface area contributed by atoms with E-state index < -0.39 is 0 Å². The van der Waals surface area contributed by atoms with Crippen molar-refractivity contribution in [2.75, 3.05) is 0 Å². The Labute approximate surface area is 102 Å². The number of hydrogen-bond donors (Lipinski definition) is 3. The summed E-state index contributed by atoms with van der Waals surface area (Å²) in [5, 5.41) is 15.2. The fourth-order valence-electron chi connectivity index (χ4n) is 1.78. The maximum Gasteiger partial charge on any atom is 0.170 e. The van der Waals surface area contributed by atoms with Crippen LogP contribution in [0.4, 0.5) is 0 Å². The molecule has 0 atom stereocenters. The second-order valence-electron chi connectivity index (χ2n) is 5.04. The summed E-state index contributed by atoms with van der Waals surface area (Å²) in [5.74, 6) is 0.154. The molecule has 2 rings (SSSR count). The van der Waals surface area contributed by atoms with Gasteiger partial charge in [0.25, 0.3) is 0 Å². The first-order chi connectivity index (χ1) is 8.04. The zero-order chi connectivity index (χ0) is 12.5. The predicted molar refractivity (Wildman–Crippen MR) is 68.2 cm³/mol. The van der Waals surface area contributed by atoms with Gasteiger partial charge in [0.2, 0.25) is 0 Å². The Morgan fingerprint density at radius 1 is 1.53 bits per heavy atom. The molecule has 1 saturated carbocycles. The minimum absolute atomic E-state index is 0.154. The van der Waals surface area contributed by atoms with E-state index in [1.54, 1.807) is 0 Å². The lowest BCUT2D eigenvalue weighted by molar-refractivity contribution is 0.318. The molecular formula is C13H19N3O. The zero-order valence-corrected chi connectivity index (χ0v) is 10.3. The van der Waals surface area contributed by atoms with Gasteiger partial charge in [0.1, 0.15) is 0 Å². The maximum absolute atomic E-state index is 8.62. The van der Waals surface area contributed by atoms with Gasteiger partial charge < -0.3 is 16.3 Å². The molecular weight excluding hydrogens is 214 g/mol. The first-order valence-electron chi connectivity index (χ1n) is 5.86. The molecule has 1 aliphatic carbocycles. The quantitative estimate of drug-likeness (QED) is 0.321. The zero-order valence-electron chi connectivity index (χ0n) is 10.3. The topological polar surface area (TPSA) is 70.6 Å². The van der Waals surface area contributed by atoms with Gasteiger partial charge in [-0.05, 0) is 43.9 Å². The summed E-state index contributed by atoms with van der Waals surface area (Å²) in [6.45, 7) is 5.16. The molecule has 0 saturated heterocycles. The lowest BCUT2D eigenvalue weighted by Crippen LogP contribution is -2.27. The van der Waals surface area contributed by atoms with Gasteiger partial charge >= 0.3 is 0 Å². The van der Waals surface area contributed by atoms with Crippen LogP contribution >= 0.6 is 0 Å². The molecule has 0 unspecified atom stereocenters. The standard InChI is InChI=1S/C13H19N3O/c1-9-7-10(12(14)16-17)3-4-11(9)8-15-13(2)5-6-13/h3-4,7,15,17H,5-6,8H2,1-2H3,(H2,14,16). The van der Waals surface area contributed by atoms with Crippen molar-refractivity contribution < 1.29 is 5.21 Å². The molecule has 0 aliphatic heterocycles. The predicted octanol–water partition coefficient (Wildman–Crippen LogP) is 1.73. The number of amidine groups is 1. The van der Waals surface area contributed by atoms with E-state index >= 15 is 0 Å². The fraction of sp³-hybridized carbons (Fsp3) is 0.462. The van der Waals surface area contributed by atoms with Gasteiger partial charge in [0, 0.05) is 17.6 Å². The number of hydrogen-bond acceptors (Lipinski definition) is 3. The van der Waals surface area contributed by atoms with E-state index in [0.29, 0.717) is 5.54 Å². The second-order valence-corrected chi connectivity index (χ2v) is 5.04. The van der Waals surface area contributed by atoms with Crippen LogP contribution < -0.4 is 11.1 Å². The van der Waals surface area contributed by atoms with Crippen molar-refractivity contribution in [2.45, 2.75) is 38.8 Å². The molecule has 17 heavy (non-hydrogen) atoms. The number of aryl methyl sites for hydroxylation is 1. The van der Waals surface area contributed by atoms with E-state index in [0.717, 1.165) is 17.7 Å². The highest BCUT2D eigenvalue weighted by molar-refractivity contribution is 5.97. The molecule has 0 spiro atoms. The van der Waals surface area contributed by atoms with Crippen LogP contribution in [-0.2, 0) is 6.54 Å². The Bertz CT molecular complexity index is 450. The Balaban J connectivity index is 2.08. The Kier molecular flexibility index (Phi) is 3.07. The highest BCUT2D eigenvalue weighted by atomic mass is 16.4. The van der Waals surface area contributed by atoms with Crippen molar-refractivity contribution >= 4 is 5.84 Å². The molecule has 1 aromatic rings. The molecule has 4 nitrogen and oxygen atoms in total. The first-order valence-corrected chi connectivity index (χ1v) is 5.86. The second kappa shape index (κ2) is 4.37. The van der Waals surface area contributed by atoms with Crippen LogP contribution in [0.15, 0.2) is 23.4 Å². The van der Waals surface area contributed by atoms with Gasteiger partial charge in [0.05, 0.1) is 0 Å². The van der Waals surface area contributed by atoms with E-state index in [1.165, 1.54) is 18.4 Å². The molecule has 92 valence electrons. The maximum atomic E-state index is 8.62. The number of benzene rings is 1. The number of nitrogens with two attached hydrogens (primary N) is 1. The molecule has 1 aliphatic rings. The van der Waals surface area contributed by atoms with Gasteiger partial charge in [0.15, 0.2) is 5.84 Å². The summed E-state index contributed by atoms with van der Waals surface area (Å²) < 4.78 is 0. The van der Waals surface area contributed by atoms with E-state index in [4.69, 9.17) is 10.9 Å². The SMILES string of the molecule is Cc1cc(/C(N)=N/O)ccc1CNC1(C)CC1. The summed E-state index contributed by atoms with van der Waals surface area (Å²) in [4.78, 5) is 0.